The maximum atomic E-state index is 12.6. The van der Waals surface area contributed by atoms with E-state index in [1.54, 1.807) is 37.3 Å². The zero-order chi connectivity index (χ0) is 20.7. The quantitative estimate of drug-likeness (QED) is 0.417. The second-order valence-electron chi connectivity index (χ2n) is 5.70. The molecule has 0 aliphatic heterocycles. The van der Waals surface area contributed by atoms with Gasteiger partial charge in [0.25, 0.3) is 17.3 Å². The molecule has 1 amide bonds. The van der Waals surface area contributed by atoms with Crippen molar-refractivity contribution in [3.63, 3.8) is 0 Å². The second-order valence-corrected chi connectivity index (χ2v) is 5.70. The number of nitro benzene ring substituents is 2. The Morgan fingerprint density at radius 2 is 1.61 bits per heavy atom. The van der Waals surface area contributed by atoms with Crippen molar-refractivity contribution in [3.8, 4) is 0 Å². The van der Waals surface area contributed by atoms with Crippen molar-refractivity contribution in [1.82, 2.24) is 5.32 Å². The van der Waals surface area contributed by atoms with Crippen LogP contribution in [0.1, 0.15) is 35.3 Å². The molecule has 0 aliphatic carbocycles. The summed E-state index contributed by atoms with van der Waals surface area (Å²) in [6.45, 7) is 1.82. The minimum absolute atomic E-state index is 0.166. The molecule has 0 heterocycles. The van der Waals surface area contributed by atoms with Crippen LogP contribution in [0.5, 0.6) is 0 Å². The Morgan fingerprint density at radius 3 is 2.11 bits per heavy atom. The van der Waals surface area contributed by atoms with Crippen LogP contribution in [0.25, 0.3) is 0 Å². The molecule has 2 aromatic rings. The molecule has 2 aromatic carbocycles. The number of nitrogens with one attached hydrogen (secondary N) is 1. The molecule has 0 aromatic heterocycles. The van der Waals surface area contributed by atoms with Crippen LogP contribution in [0.15, 0.2) is 48.5 Å². The monoisotopic (exact) mass is 387 g/mol. The lowest BCUT2D eigenvalue weighted by Crippen LogP contribution is -2.30. The van der Waals surface area contributed by atoms with Gasteiger partial charge < -0.3 is 10.1 Å². The third-order valence-corrected chi connectivity index (χ3v) is 3.77. The van der Waals surface area contributed by atoms with Gasteiger partial charge in [0.05, 0.1) is 40.5 Å². The van der Waals surface area contributed by atoms with E-state index < -0.39 is 39.1 Å². The molecule has 0 aliphatic rings. The molecule has 2 rings (SSSR count). The molecule has 1 N–H and O–H groups in total. The first-order chi connectivity index (χ1) is 13.3. The molecule has 28 heavy (non-hydrogen) atoms. The molecule has 0 spiro atoms. The van der Waals surface area contributed by atoms with Gasteiger partial charge in [-0.3, -0.25) is 29.8 Å². The van der Waals surface area contributed by atoms with Crippen LogP contribution in [0.3, 0.4) is 0 Å². The van der Waals surface area contributed by atoms with Crippen LogP contribution < -0.4 is 5.32 Å². The van der Waals surface area contributed by atoms with Crippen molar-refractivity contribution < 1.29 is 24.2 Å². The topological polar surface area (TPSA) is 142 Å². The number of carbonyl (C=O) groups is 2. The van der Waals surface area contributed by atoms with E-state index >= 15 is 0 Å². The number of non-ortho nitro benzene ring substituents is 2. The number of hydrogen-bond acceptors (Lipinski definition) is 7. The Kier molecular flexibility index (Phi) is 6.74. The first-order valence-corrected chi connectivity index (χ1v) is 8.27. The number of carbonyl (C=O) groups excluding carboxylic acids is 2. The van der Waals surface area contributed by atoms with E-state index in [0.717, 1.165) is 18.2 Å². The lowest BCUT2D eigenvalue weighted by molar-refractivity contribution is -0.394. The van der Waals surface area contributed by atoms with Gasteiger partial charge in [-0.1, -0.05) is 30.3 Å². The molecule has 146 valence electrons. The van der Waals surface area contributed by atoms with Crippen LogP contribution in [0.4, 0.5) is 11.4 Å². The van der Waals surface area contributed by atoms with Crippen molar-refractivity contribution in [2.75, 3.05) is 6.61 Å². The Balaban J connectivity index is 2.33. The number of amides is 1. The van der Waals surface area contributed by atoms with Crippen LogP contribution in [-0.2, 0) is 9.53 Å². The molecule has 0 fully saturated rings. The van der Waals surface area contributed by atoms with Gasteiger partial charge in [-0.15, -0.1) is 0 Å². The van der Waals surface area contributed by atoms with Gasteiger partial charge >= 0.3 is 5.97 Å². The third kappa shape index (κ3) is 5.34. The number of ether oxygens (including phenoxy) is 1. The third-order valence-electron chi connectivity index (χ3n) is 3.77. The van der Waals surface area contributed by atoms with Gasteiger partial charge in [-0.2, -0.15) is 0 Å². The highest BCUT2D eigenvalue weighted by molar-refractivity contribution is 5.96. The van der Waals surface area contributed by atoms with E-state index in [0.29, 0.717) is 5.56 Å². The number of esters is 1. The molecule has 10 heteroatoms. The fourth-order valence-corrected chi connectivity index (χ4v) is 2.50. The number of nitro groups is 2. The van der Waals surface area contributed by atoms with Crippen molar-refractivity contribution in [3.05, 3.63) is 79.9 Å². The van der Waals surface area contributed by atoms with E-state index in [1.807, 2.05) is 0 Å². The maximum Gasteiger partial charge on any atom is 0.308 e. The van der Waals surface area contributed by atoms with Gasteiger partial charge in [0.2, 0.25) is 0 Å². The van der Waals surface area contributed by atoms with Gasteiger partial charge in [0.15, 0.2) is 0 Å². The normalized spacial score (nSPS) is 11.3. The molecule has 0 saturated heterocycles. The predicted molar refractivity (Wildman–Crippen MR) is 97.6 cm³/mol. The highest BCUT2D eigenvalue weighted by Crippen LogP contribution is 2.24. The lowest BCUT2D eigenvalue weighted by atomic mass is 10.0. The van der Waals surface area contributed by atoms with Crippen LogP contribution in [0, 0.1) is 20.2 Å². The second kappa shape index (κ2) is 9.21. The number of benzene rings is 2. The number of nitrogens with zero attached hydrogens (tertiary/aromatic N) is 2. The van der Waals surface area contributed by atoms with Crippen molar-refractivity contribution >= 4 is 23.3 Å². The van der Waals surface area contributed by atoms with Crippen molar-refractivity contribution in [2.24, 2.45) is 0 Å². The Bertz CT molecular complexity index is 867. The SMILES string of the molecule is CCOC(=O)CC(NC(=O)c1cc([N+](=O)[O-])cc([N+](=O)[O-])c1)c1ccccc1. The highest BCUT2D eigenvalue weighted by atomic mass is 16.6. The molecule has 1 atom stereocenters. The average Bonchev–Trinajstić information content (AvgIpc) is 2.67. The molecule has 0 saturated carbocycles. The molecule has 10 nitrogen and oxygen atoms in total. The van der Waals surface area contributed by atoms with E-state index in [2.05, 4.69) is 5.32 Å². The molecular formula is C18H17N3O7. The summed E-state index contributed by atoms with van der Waals surface area (Å²) >= 11 is 0. The summed E-state index contributed by atoms with van der Waals surface area (Å²) in [6, 6.07) is 10.5. The molecule has 0 radical (unpaired) electrons. The molecule has 1 unspecified atom stereocenters. The fraction of sp³-hybridized carbons (Fsp3) is 0.222. The van der Waals surface area contributed by atoms with Crippen LogP contribution >= 0.6 is 0 Å². The molecular weight excluding hydrogens is 370 g/mol. The Hall–Kier alpha value is -3.82. The van der Waals surface area contributed by atoms with E-state index in [4.69, 9.17) is 4.74 Å². The largest absolute Gasteiger partial charge is 0.466 e. The summed E-state index contributed by atoms with van der Waals surface area (Å²) in [5.41, 5.74) is -0.809. The summed E-state index contributed by atoms with van der Waals surface area (Å²) in [5.74, 6) is -1.33. The number of hydrogen-bond donors (Lipinski definition) is 1. The van der Waals surface area contributed by atoms with Crippen molar-refractivity contribution in [2.45, 2.75) is 19.4 Å². The zero-order valence-corrected chi connectivity index (χ0v) is 14.9. The van der Waals surface area contributed by atoms with E-state index in [-0.39, 0.29) is 18.6 Å². The smallest absolute Gasteiger partial charge is 0.308 e. The summed E-state index contributed by atoms with van der Waals surface area (Å²) in [7, 11) is 0. The fourth-order valence-electron chi connectivity index (χ4n) is 2.50. The van der Waals surface area contributed by atoms with E-state index in [1.165, 1.54) is 0 Å². The van der Waals surface area contributed by atoms with Gasteiger partial charge in [0.1, 0.15) is 0 Å². The summed E-state index contributed by atoms with van der Waals surface area (Å²) in [4.78, 5) is 44.8. The minimum atomic E-state index is -0.822. The average molecular weight is 387 g/mol. The van der Waals surface area contributed by atoms with E-state index in [9.17, 15) is 29.8 Å². The Morgan fingerprint density at radius 1 is 1.04 bits per heavy atom. The summed E-state index contributed by atoms with van der Waals surface area (Å²) in [5, 5.41) is 24.6. The molecule has 0 bridgehead atoms. The summed E-state index contributed by atoms with van der Waals surface area (Å²) in [6.07, 6.45) is -0.166. The first-order valence-electron chi connectivity index (χ1n) is 8.27. The van der Waals surface area contributed by atoms with Gasteiger partial charge in [0, 0.05) is 12.1 Å². The number of rotatable bonds is 8. The highest BCUT2D eigenvalue weighted by Gasteiger charge is 2.23. The first kappa shape index (κ1) is 20.5. The zero-order valence-electron chi connectivity index (χ0n) is 14.9. The Labute approximate surface area is 159 Å². The minimum Gasteiger partial charge on any atom is -0.466 e. The lowest BCUT2D eigenvalue weighted by Gasteiger charge is -2.18. The van der Waals surface area contributed by atoms with Gasteiger partial charge in [-0.25, -0.2) is 0 Å². The standard InChI is InChI=1S/C18H17N3O7/c1-2-28-17(22)11-16(12-6-4-3-5-7-12)19-18(23)13-8-14(20(24)25)10-15(9-13)21(26)27/h3-10,16H,2,11H2,1H3,(H,19,23). The maximum absolute atomic E-state index is 12.6. The van der Waals surface area contributed by atoms with Crippen LogP contribution in [0.2, 0.25) is 0 Å². The predicted octanol–water partition coefficient (Wildman–Crippen LogP) is 2.93. The van der Waals surface area contributed by atoms with Gasteiger partial charge in [-0.05, 0) is 12.5 Å². The van der Waals surface area contributed by atoms with Crippen molar-refractivity contribution in [1.29, 1.82) is 0 Å². The summed E-state index contributed by atoms with van der Waals surface area (Å²) < 4.78 is 4.91. The van der Waals surface area contributed by atoms with Crippen LogP contribution in [-0.4, -0.2) is 28.3 Å².